The average molecular weight is 431 g/mol. The Morgan fingerprint density at radius 1 is 1.56 bits per heavy atom. The molecule has 14 heteroatoms. The van der Waals surface area contributed by atoms with Gasteiger partial charge in [-0.15, -0.1) is 0 Å². The second-order valence-corrected chi connectivity index (χ2v) is 9.24. The molecule has 3 heterocycles. The lowest BCUT2D eigenvalue weighted by Gasteiger charge is -2.41. The maximum Gasteiger partial charge on any atom is 0.351 e. The van der Waals surface area contributed by atoms with E-state index in [1.54, 1.807) is 13.8 Å². The molecule has 2 saturated heterocycles. The molecule has 5 atom stereocenters. The van der Waals surface area contributed by atoms with Crippen LogP contribution < -0.4 is 11.4 Å². The number of hydrogen-bond acceptors (Lipinski definition) is 9. The largest absolute Gasteiger partial charge is 0.386 e. The Kier molecular flexibility index (Phi) is 5.40. The van der Waals surface area contributed by atoms with Crippen molar-refractivity contribution in [1.82, 2.24) is 9.55 Å². The predicted octanol–water partition coefficient (Wildman–Crippen LogP) is 0.923. The number of ether oxygens (including phenoxy) is 1. The molecular formula is C13H17F3N3O6PS. The van der Waals surface area contributed by atoms with Crippen LogP contribution in [0.25, 0.3) is 0 Å². The lowest BCUT2D eigenvalue weighted by Crippen LogP contribution is -2.56. The second-order valence-electron chi connectivity index (χ2n) is 6.32. The lowest BCUT2D eigenvalue weighted by molar-refractivity contribution is -0.204. The van der Waals surface area contributed by atoms with Crippen molar-refractivity contribution in [3.8, 4) is 0 Å². The molecule has 0 amide bonds. The van der Waals surface area contributed by atoms with E-state index in [-0.39, 0.29) is 0 Å². The van der Waals surface area contributed by atoms with E-state index in [4.69, 9.17) is 35.8 Å². The fraction of sp³-hybridized carbons (Fsp3) is 0.692. The van der Waals surface area contributed by atoms with Crippen molar-refractivity contribution in [2.75, 3.05) is 12.3 Å². The number of aliphatic hydroxyl groups excluding tert-OH is 1. The van der Waals surface area contributed by atoms with Crippen LogP contribution in [0.4, 0.5) is 19.0 Å². The van der Waals surface area contributed by atoms with Crippen LogP contribution in [0.2, 0.25) is 0 Å². The molecule has 0 aromatic carbocycles. The fourth-order valence-electron chi connectivity index (χ4n) is 2.83. The number of hydrogen-bond donors (Lipinski definition) is 2. The Labute approximate surface area is 156 Å². The zero-order valence-electron chi connectivity index (χ0n) is 14.1. The van der Waals surface area contributed by atoms with Gasteiger partial charge < -0.3 is 24.6 Å². The summed E-state index contributed by atoms with van der Waals surface area (Å²) in [5, 5.41) is 10.5. The Balaban J connectivity index is 2.00. The van der Waals surface area contributed by atoms with Crippen molar-refractivity contribution in [3.05, 3.63) is 22.5 Å². The molecule has 0 spiro atoms. The van der Waals surface area contributed by atoms with Crippen molar-refractivity contribution >= 4 is 24.3 Å². The van der Waals surface area contributed by atoms with Gasteiger partial charge in [0, 0.05) is 0 Å². The number of nitrogens with zero attached hydrogens (tertiary/aromatic N) is 2. The molecule has 1 aromatic heterocycles. The predicted molar refractivity (Wildman–Crippen MR) is 89.1 cm³/mol. The SMILES string of the molecule is CC(C)OP1(=S)OC[C@@]2(C(F)F)O[C@@H](n3cc(F)c(N)nc3=O)[C@@H](O)[C@@H]2O1. The first-order valence-electron chi connectivity index (χ1n) is 7.78. The summed E-state index contributed by atoms with van der Waals surface area (Å²) in [5.41, 5.74) is 1.68. The van der Waals surface area contributed by atoms with Crippen LogP contribution >= 0.6 is 6.72 Å². The number of nitrogens with two attached hydrogens (primary N) is 1. The maximum absolute atomic E-state index is 13.8. The molecule has 1 unspecified atom stereocenters. The minimum absolute atomic E-state index is 0.428. The van der Waals surface area contributed by atoms with Crippen LogP contribution in [0.15, 0.2) is 11.0 Å². The summed E-state index contributed by atoms with van der Waals surface area (Å²) in [6.45, 7) is -0.904. The number of nitrogen functional groups attached to an aromatic ring is 1. The van der Waals surface area contributed by atoms with E-state index in [0.29, 0.717) is 10.8 Å². The summed E-state index contributed by atoms with van der Waals surface area (Å²) in [5.74, 6) is -1.76. The zero-order chi connectivity index (χ0) is 20.1. The van der Waals surface area contributed by atoms with E-state index in [1.807, 2.05) is 0 Å². The Morgan fingerprint density at radius 2 is 2.22 bits per heavy atom. The van der Waals surface area contributed by atoms with Gasteiger partial charge in [0.05, 0.1) is 18.9 Å². The van der Waals surface area contributed by atoms with Gasteiger partial charge in [0.25, 0.3) is 6.43 Å². The van der Waals surface area contributed by atoms with Gasteiger partial charge >= 0.3 is 12.4 Å². The summed E-state index contributed by atoms with van der Waals surface area (Å²) in [6, 6.07) is 0. The molecule has 0 bridgehead atoms. The molecule has 27 heavy (non-hydrogen) atoms. The Morgan fingerprint density at radius 3 is 2.81 bits per heavy atom. The molecule has 0 aliphatic carbocycles. The van der Waals surface area contributed by atoms with Gasteiger partial charge in [-0.2, -0.15) is 4.98 Å². The summed E-state index contributed by atoms with van der Waals surface area (Å²) >= 11 is 5.14. The normalized spacial score (nSPS) is 36.4. The molecule has 2 aliphatic rings. The zero-order valence-corrected chi connectivity index (χ0v) is 15.8. The van der Waals surface area contributed by atoms with Gasteiger partial charge in [-0.1, -0.05) is 0 Å². The first-order chi connectivity index (χ1) is 12.5. The minimum Gasteiger partial charge on any atom is -0.386 e. The number of halogens is 3. The molecular weight excluding hydrogens is 414 g/mol. The van der Waals surface area contributed by atoms with E-state index in [0.717, 1.165) is 0 Å². The van der Waals surface area contributed by atoms with E-state index in [1.165, 1.54) is 0 Å². The van der Waals surface area contributed by atoms with Gasteiger partial charge in [0.15, 0.2) is 23.5 Å². The molecule has 2 aliphatic heterocycles. The van der Waals surface area contributed by atoms with Crippen LogP contribution in [-0.4, -0.2) is 51.6 Å². The average Bonchev–Trinajstić information content (AvgIpc) is 2.84. The molecule has 152 valence electrons. The van der Waals surface area contributed by atoms with E-state index >= 15 is 0 Å². The third-order valence-electron chi connectivity index (χ3n) is 4.03. The molecule has 1 aromatic rings. The number of rotatable bonds is 4. The van der Waals surface area contributed by atoms with Crippen LogP contribution in [-0.2, 0) is 30.1 Å². The van der Waals surface area contributed by atoms with Crippen LogP contribution in [0.5, 0.6) is 0 Å². The first-order valence-corrected chi connectivity index (χ1v) is 10.3. The van der Waals surface area contributed by atoms with Crippen molar-refractivity contribution in [2.45, 2.75) is 50.4 Å². The Bertz CT molecular complexity index is 842. The highest BCUT2D eigenvalue weighted by Crippen LogP contribution is 2.61. The quantitative estimate of drug-likeness (QED) is 0.671. The third kappa shape index (κ3) is 3.53. The van der Waals surface area contributed by atoms with Crippen LogP contribution in [0, 0.1) is 5.82 Å². The number of anilines is 1. The number of aromatic nitrogens is 2. The van der Waals surface area contributed by atoms with E-state index in [2.05, 4.69) is 4.98 Å². The molecule has 3 N–H and O–H groups in total. The van der Waals surface area contributed by atoms with Gasteiger partial charge in [-0.25, -0.2) is 18.0 Å². The second kappa shape index (κ2) is 7.07. The highest BCUT2D eigenvalue weighted by Gasteiger charge is 2.66. The van der Waals surface area contributed by atoms with Crippen molar-refractivity contribution in [1.29, 1.82) is 0 Å². The highest BCUT2D eigenvalue weighted by molar-refractivity contribution is 8.07. The summed E-state index contributed by atoms with van der Waals surface area (Å²) in [4.78, 5) is 15.2. The first kappa shape index (κ1) is 20.6. The lowest BCUT2D eigenvalue weighted by atomic mass is 9.96. The van der Waals surface area contributed by atoms with Crippen LogP contribution in [0.3, 0.4) is 0 Å². The van der Waals surface area contributed by atoms with Gasteiger partial charge in [-0.3, -0.25) is 9.09 Å². The number of aliphatic hydroxyl groups is 1. The van der Waals surface area contributed by atoms with Crippen molar-refractivity contribution in [2.24, 2.45) is 0 Å². The topological polar surface area (TPSA) is 118 Å². The van der Waals surface area contributed by atoms with Crippen molar-refractivity contribution < 1.29 is 36.6 Å². The molecule has 3 rings (SSSR count). The molecule has 2 fully saturated rings. The summed E-state index contributed by atoms with van der Waals surface area (Å²) in [7, 11) is 0. The third-order valence-corrected chi connectivity index (χ3v) is 6.48. The van der Waals surface area contributed by atoms with Crippen LogP contribution in [0.1, 0.15) is 20.1 Å². The summed E-state index contributed by atoms with van der Waals surface area (Å²) in [6.07, 6.45) is -8.19. The molecule has 9 nitrogen and oxygen atoms in total. The van der Waals surface area contributed by atoms with Gasteiger partial charge in [-0.05, 0) is 25.7 Å². The van der Waals surface area contributed by atoms with Gasteiger partial charge in [0.1, 0.15) is 12.2 Å². The highest BCUT2D eigenvalue weighted by atomic mass is 32.5. The maximum atomic E-state index is 13.8. The smallest absolute Gasteiger partial charge is 0.351 e. The van der Waals surface area contributed by atoms with Gasteiger partial charge in [0.2, 0.25) is 0 Å². The number of alkyl halides is 2. The Hall–Kier alpha value is -1.08. The number of fused-ring (bicyclic) bond motifs is 1. The van der Waals surface area contributed by atoms with E-state index < -0.39 is 67.2 Å². The van der Waals surface area contributed by atoms with E-state index in [9.17, 15) is 23.1 Å². The standard InChI is InChI=1S/C13H17F3N3O6PS/c1-5(2)24-26(27)22-4-13(11(15)16)8(25-26)7(20)10(23-13)19-3-6(14)9(17)18-12(19)21/h3,5,7-8,10-11,20H,4H2,1-2H3,(H2,17,18,21)/t7-,8-,10+,13+,26?/m0/s1. The minimum atomic E-state index is -3.44. The fourth-order valence-corrected chi connectivity index (χ4v) is 5.41. The molecule has 0 saturated carbocycles. The molecule has 0 radical (unpaired) electrons. The monoisotopic (exact) mass is 431 g/mol. The van der Waals surface area contributed by atoms with Crippen molar-refractivity contribution in [3.63, 3.8) is 0 Å². The summed E-state index contributed by atoms with van der Waals surface area (Å²) < 4.78 is 63.2.